The van der Waals surface area contributed by atoms with Crippen molar-refractivity contribution >= 4 is 28.9 Å². The summed E-state index contributed by atoms with van der Waals surface area (Å²) < 4.78 is 5.38. The van der Waals surface area contributed by atoms with E-state index in [2.05, 4.69) is 20.6 Å². The Hall–Kier alpha value is -2.01. The summed E-state index contributed by atoms with van der Waals surface area (Å²) in [6, 6.07) is 6.22. The van der Waals surface area contributed by atoms with Gasteiger partial charge in [0, 0.05) is 23.2 Å². The van der Waals surface area contributed by atoms with E-state index in [0.717, 1.165) is 28.7 Å². The zero-order valence-corrected chi connectivity index (χ0v) is 13.7. The Kier molecular flexibility index (Phi) is 4.07. The molecule has 1 aliphatic rings. The summed E-state index contributed by atoms with van der Waals surface area (Å²) in [5, 5.41) is 7.36. The molecule has 1 aromatic carbocycles. The first-order valence-corrected chi connectivity index (χ1v) is 7.66. The van der Waals surface area contributed by atoms with Crippen molar-refractivity contribution < 1.29 is 4.74 Å². The number of nitrogens with zero attached hydrogens (tertiary/aromatic N) is 2. The number of ether oxygens (including phenoxy) is 1. The number of hydrogen-bond acceptors (Lipinski definition) is 5. The van der Waals surface area contributed by atoms with Crippen LogP contribution in [0.4, 0.5) is 17.3 Å². The van der Waals surface area contributed by atoms with Gasteiger partial charge in [0.2, 0.25) is 0 Å². The second kappa shape index (κ2) is 6.01. The van der Waals surface area contributed by atoms with Crippen LogP contribution in [-0.4, -0.2) is 23.1 Å². The van der Waals surface area contributed by atoms with Crippen LogP contribution in [0.3, 0.4) is 0 Å². The predicted molar refractivity (Wildman–Crippen MR) is 89.4 cm³/mol. The molecule has 0 unspecified atom stereocenters. The highest BCUT2D eigenvalue weighted by Crippen LogP contribution is 2.33. The molecular formula is C16H19ClN4O. The van der Waals surface area contributed by atoms with E-state index >= 15 is 0 Å². The molecule has 1 saturated carbocycles. The normalized spacial score (nSPS) is 13.8. The number of halogens is 1. The Morgan fingerprint density at radius 3 is 2.55 bits per heavy atom. The lowest BCUT2D eigenvalue weighted by Crippen LogP contribution is -2.06. The fraction of sp³-hybridized carbons (Fsp3) is 0.375. The van der Waals surface area contributed by atoms with E-state index in [1.54, 1.807) is 13.2 Å². The quantitative estimate of drug-likeness (QED) is 0.870. The summed E-state index contributed by atoms with van der Waals surface area (Å²) in [5.41, 5.74) is 1.81. The van der Waals surface area contributed by atoms with Gasteiger partial charge in [-0.15, -0.1) is 0 Å². The number of benzene rings is 1. The van der Waals surface area contributed by atoms with E-state index < -0.39 is 0 Å². The molecular weight excluding hydrogens is 300 g/mol. The van der Waals surface area contributed by atoms with Crippen molar-refractivity contribution in [2.24, 2.45) is 0 Å². The maximum atomic E-state index is 6.14. The molecule has 0 aliphatic heterocycles. The Morgan fingerprint density at radius 2 is 1.86 bits per heavy atom. The number of aryl methyl sites for hydroxylation is 2. The zero-order valence-electron chi connectivity index (χ0n) is 12.9. The Balaban J connectivity index is 1.88. The molecule has 0 atom stereocenters. The van der Waals surface area contributed by atoms with Gasteiger partial charge in [0.1, 0.15) is 23.2 Å². The van der Waals surface area contributed by atoms with Crippen molar-refractivity contribution in [3.8, 4) is 5.75 Å². The third-order valence-electron chi connectivity index (χ3n) is 3.51. The van der Waals surface area contributed by atoms with Crippen molar-refractivity contribution in [2.75, 3.05) is 17.7 Å². The van der Waals surface area contributed by atoms with Crippen LogP contribution < -0.4 is 15.4 Å². The molecule has 5 nitrogen and oxygen atoms in total. The lowest BCUT2D eigenvalue weighted by atomic mass is 10.2. The molecule has 0 saturated heterocycles. The van der Waals surface area contributed by atoms with E-state index in [1.165, 1.54) is 12.8 Å². The molecule has 1 aromatic heterocycles. The predicted octanol–water partition coefficient (Wildman–Crippen LogP) is 4.07. The van der Waals surface area contributed by atoms with Crippen molar-refractivity contribution in [2.45, 2.75) is 32.7 Å². The first-order chi connectivity index (χ1) is 10.5. The van der Waals surface area contributed by atoms with E-state index in [1.807, 2.05) is 26.0 Å². The third kappa shape index (κ3) is 3.42. The van der Waals surface area contributed by atoms with Crippen molar-refractivity contribution in [1.82, 2.24) is 9.97 Å². The summed E-state index contributed by atoms with van der Waals surface area (Å²) in [4.78, 5) is 8.85. The highest BCUT2D eigenvalue weighted by Gasteiger charge is 2.21. The van der Waals surface area contributed by atoms with Gasteiger partial charge in [-0.1, -0.05) is 11.6 Å². The van der Waals surface area contributed by atoms with Crippen LogP contribution in [0.15, 0.2) is 18.2 Å². The SMILES string of the molecule is COc1cc(Cl)c(C)cc1Nc1cc(NC2CC2)nc(C)n1. The van der Waals surface area contributed by atoms with E-state index in [-0.39, 0.29) is 0 Å². The fourth-order valence-electron chi connectivity index (χ4n) is 2.21. The summed E-state index contributed by atoms with van der Waals surface area (Å²) in [7, 11) is 1.62. The van der Waals surface area contributed by atoms with E-state index in [4.69, 9.17) is 16.3 Å². The molecule has 0 bridgehead atoms. The first-order valence-electron chi connectivity index (χ1n) is 7.28. The van der Waals surface area contributed by atoms with Gasteiger partial charge < -0.3 is 15.4 Å². The van der Waals surface area contributed by atoms with Crippen LogP contribution in [0, 0.1) is 13.8 Å². The molecule has 116 valence electrons. The standard InChI is InChI=1S/C16H19ClN4O/c1-9-6-13(14(22-3)7-12(9)17)21-16-8-15(18-10(2)19-16)20-11-4-5-11/h6-8,11H,4-5H2,1-3H3,(H2,18,19,20,21). The number of rotatable bonds is 5. The number of aromatic nitrogens is 2. The van der Waals surface area contributed by atoms with Gasteiger partial charge in [-0.05, 0) is 38.3 Å². The van der Waals surface area contributed by atoms with E-state index in [9.17, 15) is 0 Å². The van der Waals surface area contributed by atoms with Gasteiger partial charge in [-0.2, -0.15) is 0 Å². The van der Waals surface area contributed by atoms with Crippen molar-refractivity contribution in [3.63, 3.8) is 0 Å². The molecule has 0 amide bonds. The summed E-state index contributed by atoms with van der Waals surface area (Å²) in [6.07, 6.45) is 2.41. The average Bonchev–Trinajstić information content (AvgIpc) is 3.26. The lowest BCUT2D eigenvalue weighted by Gasteiger charge is -2.14. The molecule has 0 radical (unpaired) electrons. The number of anilines is 3. The van der Waals surface area contributed by atoms with Gasteiger partial charge in [0.05, 0.1) is 12.8 Å². The Labute approximate surface area is 135 Å². The minimum Gasteiger partial charge on any atom is -0.495 e. The fourth-order valence-corrected chi connectivity index (χ4v) is 2.36. The largest absolute Gasteiger partial charge is 0.495 e. The molecule has 22 heavy (non-hydrogen) atoms. The van der Waals surface area contributed by atoms with Crippen LogP contribution in [0.1, 0.15) is 24.2 Å². The van der Waals surface area contributed by atoms with Crippen LogP contribution in [0.25, 0.3) is 0 Å². The van der Waals surface area contributed by atoms with Crippen LogP contribution in [-0.2, 0) is 0 Å². The summed E-state index contributed by atoms with van der Waals surface area (Å²) in [6.45, 7) is 3.84. The van der Waals surface area contributed by atoms with Crippen LogP contribution in [0.5, 0.6) is 5.75 Å². The topological polar surface area (TPSA) is 59.1 Å². The molecule has 2 N–H and O–H groups in total. The zero-order chi connectivity index (χ0) is 15.7. The Morgan fingerprint density at radius 1 is 1.14 bits per heavy atom. The molecule has 1 aliphatic carbocycles. The molecule has 6 heteroatoms. The second-order valence-corrected chi connectivity index (χ2v) is 5.94. The first kappa shape index (κ1) is 14.9. The minimum absolute atomic E-state index is 0.550. The third-order valence-corrected chi connectivity index (χ3v) is 3.92. The van der Waals surface area contributed by atoms with Gasteiger partial charge in [-0.25, -0.2) is 9.97 Å². The lowest BCUT2D eigenvalue weighted by molar-refractivity contribution is 0.416. The van der Waals surface area contributed by atoms with E-state index in [0.29, 0.717) is 16.8 Å². The number of nitrogens with one attached hydrogen (secondary N) is 2. The monoisotopic (exact) mass is 318 g/mol. The van der Waals surface area contributed by atoms with Crippen molar-refractivity contribution in [3.05, 3.63) is 34.6 Å². The van der Waals surface area contributed by atoms with Crippen molar-refractivity contribution in [1.29, 1.82) is 0 Å². The Bertz CT molecular complexity index is 701. The minimum atomic E-state index is 0.550. The second-order valence-electron chi connectivity index (χ2n) is 5.53. The number of hydrogen-bond donors (Lipinski definition) is 2. The van der Waals surface area contributed by atoms with Gasteiger partial charge in [0.25, 0.3) is 0 Å². The highest BCUT2D eigenvalue weighted by molar-refractivity contribution is 6.31. The summed E-state index contributed by atoms with van der Waals surface area (Å²) >= 11 is 6.14. The molecule has 1 heterocycles. The molecule has 2 aromatic rings. The van der Waals surface area contributed by atoms with Crippen LogP contribution in [0.2, 0.25) is 5.02 Å². The van der Waals surface area contributed by atoms with Crippen LogP contribution >= 0.6 is 11.6 Å². The molecule has 3 rings (SSSR count). The highest BCUT2D eigenvalue weighted by atomic mass is 35.5. The summed E-state index contributed by atoms with van der Waals surface area (Å²) in [5.74, 6) is 2.99. The number of methoxy groups -OCH3 is 1. The van der Waals surface area contributed by atoms with Gasteiger partial charge in [-0.3, -0.25) is 0 Å². The smallest absolute Gasteiger partial charge is 0.143 e. The molecule has 0 spiro atoms. The maximum absolute atomic E-state index is 6.14. The average molecular weight is 319 g/mol. The van der Waals surface area contributed by atoms with Gasteiger partial charge in [0.15, 0.2) is 0 Å². The van der Waals surface area contributed by atoms with Gasteiger partial charge >= 0.3 is 0 Å². The maximum Gasteiger partial charge on any atom is 0.143 e. The molecule has 1 fully saturated rings.